The lowest BCUT2D eigenvalue weighted by Crippen LogP contribution is -2.34. The van der Waals surface area contributed by atoms with Crippen LogP contribution >= 0.6 is 0 Å². The molecule has 0 heterocycles. The molecule has 1 N–H and O–H groups in total. The predicted molar refractivity (Wildman–Crippen MR) is 71.0 cm³/mol. The minimum atomic E-state index is -0.918. The van der Waals surface area contributed by atoms with Gasteiger partial charge in [-0.2, -0.15) is 0 Å². The maximum absolute atomic E-state index is 10.9. The first-order chi connectivity index (χ1) is 8.54. The highest BCUT2D eigenvalue weighted by atomic mass is 16.5. The van der Waals surface area contributed by atoms with E-state index < -0.39 is 5.60 Å². The summed E-state index contributed by atoms with van der Waals surface area (Å²) in [6, 6.07) is 4.01. The number of hydrogen-bond donors (Lipinski definition) is 1. The fourth-order valence-electron chi connectivity index (χ4n) is 2.59. The highest BCUT2D eigenvalue weighted by molar-refractivity contribution is 5.48. The molecular weight excluding hydrogens is 228 g/mol. The molecule has 0 aliphatic heterocycles. The Morgan fingerprint density at radius 1 is 1.28 bits per heavy atom. The minimum absolute atomic E-state index is 0.286. The summed E-state index contributed by atoms with van der Waals surface area (Å²) in [5, 5.41) is 10.9. The first-order valence-electron chi connectivity index (χ1n) is 6.40. The van der Waals surface area contributed by atoms with Crippen molar-refractivity contribution in [2.24, 2.45) is 5.92 Å². The maximum Gasteiger partial charge on any atom is 0.128 e. The summed E-state index contributed by atoms with van der Waals surface area (Å²) in [7, 11) is 3.28. The normalized spacial score (nSPS) is 18.5. The van der Waals surface area contributed by atoms with Crippen LogP contribution in [0.25, 0.3) is 0 Å². The van der Waals surface area contributed by atoms with Gasteiger partial charge in [-0.15, -0.1) is 0 Å². The smallest absolute Gasteiger partial charge is 0.128 e. The molecule has 0 bridgehead atoms. The maximum atomic E-state index is 10.9. The van der Waals surface area contributed by atoms with Gasteiger partial charge < -0.3 is 14.6 Å². The highest BCUT2D eigenvalue weighted by Gasteiger charge is 2.47. The van der Waals surface area contributed by atoms with Crippen molar-refractivity contribution in [3.63, 3.8) is 0 Å². The van der Waals surface area contributed by atoms with Gasteiger partial charge in [0.15, 0.2) is 0 Å². The van der Waals surface area contributed by atoms with Gasteiger partial charge >= 0.3 is 0 Å². The first-order valence-corrected chi connectivity index (χ1v) is 6.40. The van der Waals surface area contributed by atoms with Crippen molar-refractivity contribution in [1.29, 1.82) is 0 Å². The van der Waals surface area contributed by atoms with Crippen LogP contribution in [0.3, 0.4) is 0 Å². The van der Waals surface area contributed by atoms with Crippen molar-refractivity contribution in [3.05, 3.63) is 28.8 Å². The summed E-state index contributed by atoms with van der Waals surface area (Å²) in [4.78, 5) is 0. The van der Waals surface area contributed by atoms with Crippen molar-refractivity contribution >= 4 is 0 Å². The van der Waals surface area contributed by atoms with E-state index in [9.17, 15) is 5.11 Å². The second-order valence-corrected chi connectivity index (χ2v) is 5.22. The molecule has 1 aromatic carbocycles. The van der Waals surface area contributed by atoms with E-state index in [0.717, 1.165) is 29.7 Å². The van der Waals surface area contributed by atoms with E-state index >= 15 is 0 Å². The lowest BCUT2D eigenvalue weighted by molar-refractivity contribution is -0.0546. The van der Waals surface area contributed by atoms with Crippen molar-refractivity contribution in [2.75, 3.05) is 20.8 Å². The molecule has 1 unspecified atom stereocenters. The second kappa shape index (κ2) is 4.90. The van der Waals surface area contributed by atoms with E-state index in [1.807, 2.05) is 26.0 Å². The number of rotatable bonds is 5. The molecule has 2 rings (SSSR count). The molecule has 0 saturated heterocycles. The minimum Gasteiger partial charge on any atom is -0.496 e. The first kappa shape index (κ1) is 13.4. The highest BCUT2D eigenvalue weighted by Crippen LogP contribution is 2.49. The Morgan fingerprint density at radius 2 is 1.94 bits per heavy atom. The quantitative estimate of drug-likeness (QED) is 0.873. The van der Waals surface area contributed by atoms with E-state index in [1.165, 1.54) is 5.56 Å². The van der Waals surface area contributed by atoms with E-state index in [4.69, 9.17) is 9.47 Å². The van der Waals surface area contributed by atoms with Gasteiger partial charge in [-0.3, -0.25) is 0 Å². The fraction of sp³-hybridized carbons (Fsp3) is 0.600. The number of hydrogen-bond acceptors (Lipinski definition) is 3. The molecular formula is C15H22O3. The monoisotopic (exact) mass is 250 g/mol. The Balaban J connectivity index is 2.50. The van der Waals surface area contributed by atoms with Crippen molar-refractivity contribution in [2.45, 2.75) is 32.3 Å². The number of methoxy groups -OCH3 is 2. The Kier molecular flexibility index (Phi) is 3.64. The van der Waals surface area contributed by atoms with E-state index in [1.54, 1.807) is 14.2 Å². The van der Waals surface area contributed by atoms with Gasteiger partial charge in [0, 0.05) is 12.7 Å². The summed E-state index contributed by atoms with van der Waals surface area (Å²) in [5.41, 5.74) is 2.20. The molecule has 18 heavy (non-hydrogen) atoms. The van der Waals surface area contributed by atoms with Crippen molar-refractivity contribution < 1.29 is 14.6 Å². The van der Waals surface area contributed by atoms with Crippen LogP contribution in [0, 0.1) is 19.8 Å². The lowest BCUT2D eigenvalue weighted by atomic mass is 9.86. The van der Waals surface area contributed by atoms with Gasteiger partial charge in [-0.25, -0.2) is 0 Å². The third-order valence-electron chi connectivity index (χ3n) is 3.96. The molecule has 0 amide bonds. The molecule has 0 aromatic heterocycles. The summed E-state index contributed by atoms with van der Waals surface area (Å²) in [6.07, 6.45) is 2.10. The Bertz CT molecular complexity index is 438. The van der Waals surface area contributed by atoms with Crippen LogP contribution in [0.4, 0.5) is 0 Å². The second-order valence-electron chi connectivity index (χ2n) is 5.22. The molecule has 3 nitrogen and oxygen atoms in total. The van der Waals surface area contributed by atoms with Gasteiger partial charge in [0.2, 0.25) is 0 Å². The number of ether oxygens (including phenoxy) is 2. The molecule has 1 saturated carbocycles. The van der Waals surface area contributed by atoms with E-state index in [-0.39, 0.29) is 5.92 Å². The van der Waals surface area contributed by atoms with E-state index in [0.29, 0.717) is 6.61 Å². The summed E-state index contributed by atoms with van der Waals surface area (Å²) in [6.45, 7) is 4.39. The lowest BCUT2D eigenvalue weighted by Gasteiger charge is -2.30. The van der Waals surface area contributed by atoms with Crippen LogP contribution in [-0.4, -0.2) is 25.9 Å². The van der Waals surface area contributed by atoms with Crippen LogP contribution < -0.4 is 4.74 Å². The standard InChI is InChI=1S/C15H22O3/c1-10-5-8-13(14(18-4)11(10)2)15(16,9-17-3)12-6-7-12/h5,8,12,16H,6-7,9H2,1-4H3. The number of aryl methyl sites for hydroxylation is 1. The van der Waals surface area contributed by atoms with Crippen LogP contribution in [0.2, 0.25) is 0 Å². The topological polar surface area (TPSA) is 38.7 Å². The average molecular weight is 250 g/mol. The molecule has 1 atom stereocenters. The number of benzene rings is 1. The molecule has 1 aliphatic rings. The zero-order chi connectivity index (χ0) is 13.3. The molecule has 3 heteroatoms. The van der Waals surface area contributed by atoms with Crippen molar-refractivity contribution in [1.82, 2.24) is 0 Å². The molecule has 1 aliphatic carbocycles. The Hall–Kier alpha value is -1.06. The largest absolute Gasteiger partial charge is 0.496 e. The van der Waals surface area contributed by atoms with Crippen LogP contribution in [-0.2, 0) is 10.3 Å². The van der Waals surface area contributed by atoms with Gasteiger partial charge in [0.05, 0.1) is 13.7 Å². The molecule has 1 aromatic rings. The Morgan fingerprint density at radius 3 is 2.44 bits per heavy atom. The molecule has 0 spiro atoms. The predicted octanol–water partition coefficient (Wildman–Crippen LogP) is 2.56. The van der Waals surface area contributed by atoms with Crippen LogP contribution in [0.15, 0.2) is 12.1 Å². The van der Waals surface area contributed by atoms with Crippen LogP contribution in [0.5, 0.6) is 5.75 Å². The van der Waals surface area contributed by atoms with Gasteiger partial charge in [0.25, 0.3) is 0 Å². The van der Waals surface area contributed by atoms with Gasteiger partial charge in [-0.1, -0.05) is 12.1 Å². The van der Waals surface area contributed by atoms with Gasteiger partial charge in [0.1, 0.15) is 11.4 Å². The van der Waals surface area contributed by atoms with E-state index in [2.05, 4.69) is 0 Å². The summed E-state index contributed by atoms with van der Waals surface area (Å²) < 4.78 is 10.7. The summed E-state index contributed by atoms with van der Waals surface area (Å²) >= 11 is 0. The Labute approximate surface area is 109 Å². The summed E-state index contributed by atoms with van der Waals surface area (Å²) in [5.74, 6) is 1.08. The number of aliphatic hydroxyl groups is 1. The third-order valence-corrected chi connectivity index (χ3v) is 3.96. The zero-order valence-electron chi connectivity index (χ0n) is 11.6. The third kappa shape index (κ3) is 2.13. The van der Waals surface area contributed by atoms with Crippen molar-refractivity contribution in [3.8, 4) is 5.75 Å². The SMILES string of the molecule is COCC(O)(c1ccc(C)c(C)c1OC)C1CC1. The van der Waals surface area contributed by atoms with Gasteiger partial charge in [-0.05, 0) is 43.7 Å². The molecule has 1 fully saturated rings. The average Bonchev–Trinajstić information content (AvgIpc) is 3.16. The fourth-order valence-corrected chi connectivity index (χ4v) is 2.59. The molecule has 100 valence electrons. The molecule has 0 radical (unpaired) electrons. The van der Waals surface area contributed by atoms with Crippen LogP contribution in [0.1, 0.15) is 29.5 Å². The zero-order valence-corrected chi connectivity index (χ0v) is 11.6.